The lowest BCUT2D eigenvalue weighted by Gasteiger charge is -2.34. The van der Waals surface area contributed by atoms with E-state index in [4.69, 9.17) is 0 Å². The molecular weight excluding hydrogens is 310 g/mol. The van der Waals surface area contributed by atoms with Crippen LogP contribution in [0.3, 0.4) is 0 Å². The lowest BCUT2D eigenvalue weighted by Crippen LogP contribution is -2.48. The lowest BCUT2D eigenvalue weighted by atomic mass is 9.89. The van der Waals surface area contributed by atoms with E-state index in [2.05, 4.69) is 11.8 Å². The highest BCUT2D eigenvalue weighted by molar-refractivity contribution is 7.89. The average Bonchev–Trinajstić information content (AvgIpc) is 2.99. The zero-order valence-corrected chi connectivity index (χ0v) is 15.1. The topological polar surface area (TPSA) is 43.9 Å². The number of rotatable bonds is 5. The number of fused-ring (bicyclic) bond motifs is 2. The summed E-state index contributed by atoms with van der Waals surface area (Å²) in [7, 11) is 0.581. The van der Waals surface area contributed by atoms with Gasteiger partial charge < -0.3 is 9.80 Å². The normalized spacial score (nSPS) is 27.1. The summed E-state index contributed by atoms with van der Waals surface area (Å²) in [6, 6.07) is 7.58. The number of nitrogens with zero attached hydrogens (tertiary/aromatic N) is 3. The molecule has 2 aliphatic heterocycles. The predicted molar refractivity (Wildman–Crippen MR) is 91.9 cm³/mol. The summed E-state index contributed by atoms with van der Waals surface area (Å²) < 4.78 is 28.0. The Kier molecular flexibility index (Phi) is 4.53. The summed E-state index contributed by atoms with van der Waals surface area (Å²) in [5.41, 5.74) is 0.623. The van der Waals surface area contributed by atoms with Gasteiger partial charge in [-0.05, 0) is 45.1 Å². The van der Waals surface area contributed by atoms with Gasteiger partial charge in [-0.15, -0.1) is 0 Å². The maximum atomic E-state index is 13.1. The second-order valence-electron chi connectivity index (χ2n) is 6.93. The van der Waals surface area contributed by atoms with Gasteiger partial charge in [0.05, 0.1) is 10.4 Å². The van der Waals surface area contributed by atoms with Crippen molar-refractivity contribution >= 4 is 10.0 Å². The quantitative estimate of drug-likeness (QED) is 0.818. The van der Waals surface area contributed by atoms with Gasteiger partial charge in [0, 0.05) is 26.2 Å². The van der Waals surface area contributed by atoms with Crippen LogP contribution in [0.25, 0.3) is 0 Å². The van der Waals surface area contributed by atoms with Crippen molar-refractivity contribution in [3.63, 3.8) is 0 Å². The summed E-state index contributed by atoms with van der Waals surface area (Å²) in [6.45, 7) is 6.27. The second-order valence-corrected chi connectivity index (χ2v) is 8.77. The third kappa shape index (κ3) is 2.71. The van der Waals surface area contributed by atoms with Gasteiger partial charge in [-0.3, -0.25) is 0 Å². The largest absolute Gasteiger partial charge is 0.308 e. The monoisotopic (exact) mass is 337 g/mol. The Morgan fingerprint density at radius 3 is 2.65 bits per heavy atom. The van der Waals surface area contributed by atoms with Gasteiger partial charge in [0.25, 0.3) is 0 Å². The molecule has 0 amide bonds. The summed E-state index contributed by atoms with van der Waals surface area (Å²) in [5.74, 6) is 0. The number of hydrogen-bond donors (Lipinski definition) is 0. The van der Waals surface area contributed by atoms with E-state index >= 15 is 0 Å². The Labute approximate surface area is 139 Å². The Morgan fingerprint density at radius 2 is 1.96 bits per heavy atom. The van der Waals surface area contributed by atoms with Crippen LogP contribution in [0, 0.1) is 0 Å². The van der Waals surface area contributed by atoms with E-state index in [1.54, 1.807) is 10.4 Å². The fourth-order valence-electron chi connectivity index (χ4n) is 3.99. The number of benzene rings is 1. The van der Waals surface area contributed by atoms with Crippen molar-refractivity contribution in [3.8, 4) is 0 Å². The molecule has 0 radical (unpaired) electrons. The van der Waals surface area contributed by atoms with Gasteiger partial charge >= 0.3 is 0 Å². The molecule has 3 rings (SSSR count). The highest BCUT2D eigenvalue weighted by Gasteiger charge is 2.56. The fourth-order valence-corrected chi connectivity index (χ4v) is 6.04. The van der Waals surface area contributed by atoms with Crippen LogP contribution in [0.2, 0.25) is 0 Å². The van der Waals surface area contributed by atoms with Crippen LogP contribution in [0.15, 0.2) is 29.2 Å². The molecule has 2 heterocycles. The van der Waals surface area contributed by atoms with Gasteiger partial charge in [-0.25, -0.2) is 8.42 Å². The van der Waals surface area contributed by atoms with E-state index in [9.17, 15) is 8.42 Å². The van der Waals surface area contributed by atoms with Gasteiger partial charge in [0.15, 0.2) is 0 Å². The Hall–Kier alpha value is -0.950. The Bertz CT molecular complexity index is 674. The van der Waals surface area contributed by atoms with Crippen LogP contribution >= 0.6 is 0 Å². The maximum Gasteiger partial charge on any atom is 0.244 e. The molecule has 23 heavy (non-hydrogen) atoms. The minimum atomic E-state index is -3.39. The van der Waals surface area contributed by atoms with E-state index in [-0.39, 0.29) is 5.54 Å². The molecule has 128 valence electrons. The fraction of sp³-hybridized carbons (Fsp3) is 0.647. The summed E-state index contributed by atoms with van der Waals surface area (Å²) in [5, 5.41) is 0. The molecule has 0 aromatic heterocycles. The highest BCUT2D eigenvalue weighted by atomic mass is 32.2. The Balaban J connectivity index is 2.03. The highest BCUT2D eigenvalue weighted by Crippen LogP contribution is 2.49. The third-order valence-electron chi connectivity index (χ3n) is 5.05. The summed E-state index contributed by atoms with van der Waals surface area (Å²) in [4.78, 5) is 4.96. The number of sulfonamides is 1. The van der Waals surface area contributed by atoms with Crippen LogP contribution in [0.5, 0.6) is 0 Å². The molecule has 0 saturated carbocycles. The lowest BCUT2D eigenvalue weighted by molar-refractivity contribution is 0.180. The van der Waals surface area contributed by atoms with Crippen LogP contribution in [0.4, 0.5) is 0 Å². The molecule has 0 aliphatic carbocycles. The Morgan fingerprint density at radius 1 is 1.22 bits per heavy atom. The van der Waals surface area contributed by atoms with Gasteiger partial charge in [0.2, 0.25) is 10.0 Å². The van der Waals surface area contributed by atoms with Crippen LogP contribution in [0.1, 0.15) is 25.3 Å². The number of likely N-dealkylation sites (tertiary alicyclic amines) is 1. The summed E-state index contributed by atoms with van der Waals surface area (Å²) in [6.07, 6.45) is 1.98. The molecule has 1 fully saturated rings. The van der Waals surface area contributed by atoms with Crippen molar-refractivity contribution < 1.29 is 8.42 Å². The zero-order valence-electron chi connectivity index (χ0n) is 14.3. The molecule has 1 atom stereocenters. The summed E-state index contributed by atoms with van der Waals surface area (Å²) >= 11 is 0. The minimum absolute atomic E-state index is 0.374. The maximum absolute atomic E-state index is 13.1. The molecule has 5 nitrogen and oxygen atoms in total. The molecule has 6 heteroatoms. The van der Waals surface area contributed by atoms with Crippen molar-refractivity contribution in [2.75, 3.05) is 46.8 Å². The number of likely N-dealkylation sites (N-methyl/N-ethyl adjacent to an activating group) is 1. The van der Waals surface area contributed by atoms with Crippen molar-refractivity contribution in [2.45, 2.75) is 30.2 Å². The van der Waals surface area contributed by atoms with Crippen LogP contribution in [-0.4, -0.2) is 69.3 Å². The van der Waals surface area contributed by atoms with E-state index < -0.39 is 10.0 Å². The molecule has 0 bridgehead atoms. The third-order valence-corrected chi connectivity index (χ3v) is 7.07. The zero-order chi connectivity index (χ0) is 16.7. The van der Waals surface area contributed by atoms with Crippen molar-refractivity contribution in [3.05, 3.63) is 29.8 Å². The first-order valence-corrected chi connectivity index (χ1v) is 9.85. The predicted octanol–water partition coefficient (Wildman–Crippen LogP) is 1.56. The van der Waals surface area contributed by atoms with E-state index in [1.807, 2.05) is 37.2 Å². The van der Waals surface area contributed by atoms with Gasteiger partial charge in [-0.1, -0.05) is 25.1 Å². The number of hydrogen-bond acceptors (Lipinski definition) is 4. The van der Waals surface area contributed by atoms with E-state index in [0.29, 0.717) is 11.4 Å². The van der Waals surface area contributed by atoms with Gasteiger partial charge in [0.1, 0.15) is 0 Å². The molecule has 1 unspecified atom stereocenters. The van der Waals surface area contributed by atoms with E-state index in [1.165, 1.54) is 0 Å². The molecular formula is C17H27N3O2S. The first-order valence-electron chi connectivity index (χ1n) is 8.41. The van der Waals surface area contributed by atoms with Gasteiger partial charge in [-0.2, -0.15) is 4.31 Å². The first kappa shape index (κ1) is 16.9. The SMILES string of the molecule is CCCN1CCC2(C1)c1ccccc1S(=O)(=O)N2CCN(C)C. The molecule has 1 saturated heterocycles. The standard InChI is InChI=1S/C17H27N3O2S/c1-4-10-19-11-9-17(14-19)15-7-5-6-8-16(15)23(21,22)20(17)13-12-18(2)3/h5-8H,4,9-14H2,1-3H3. The molecule has 0 N–H and O–H groups in total. The second kappa shape index (κ2) is 6.16. The van der Waals surface area contributed by atoms with Crippen LogP contribution in [-0.2, 0) is 15.6 Å². The van der Waals surface area contributed by atoms with Crippen molar-refractivity contribution in [1.29, 1.82) is 0 Å². The smallest absolute Gasteiger partial charge is 0.244 e. The van der Waals surface area contributed by atoms with Crippen molar-refractivity contribution in [1.82, 2.24) is 14.1 Å². The molecule has 1 aromatic carbocycles. The van der Waals surface area contributed by atoms with Crippen LogP contribution < -0.4 is 0 Å². The molecule has 1 spiro atoms. The molecule has 1 aromatic rings. The molecule has 2 aliphatic rings. The minimum Gasteiger partial charge on any atom is -0.308 e. The average molecular weight is 337 g/mol. The van der Waals surface area contributed by atoms with Crippen molar-refractivity contribution in [2.24, 2.45) is 0 Å². The first-order chi connectivity index (χ1) is 10.9. The van der Waals surface area contributed by atoms with E-state index in [0.717, 1.165) is 44.6 Å².